The van der Waals surface area contributed by atoms with E-state index in [0.29, 0.717) is 34.3 Å². The molecule has 1 saturated heterocycles. The number of aryl methyl sites for hydroxylation is 1. The zero-order valence-corrected chi connectivity index (χ0v) is 20.3. The Morgan fingerprint density at radius 1 is 1.19 bits per heavy atom. The monoisotopic (exact) mass is 489 g/mol. The Hall–Kier alpha value is -2.46. The molecular formula is C22H24ClN5O2S2. The zero-order valence-electron chi connectivity index (χ0n) is 17.9. The van der Waals surface area contributed by atoms with Gasteiger partial charge in [0.05, 0.1) is 13.8 Å². The van der Waals surface area contributed by atoms with Crippen molar-refractivity contribution in [3.8, 4) is 5.75 Å². The van der Waals surface area contributed by atoms with E-state index in [0.717, 1.165) is 35.2 Å². The Kier molecular flexibility index (Phi) is 7.10. The van der Waals surface area contributed by atoms with Crippen LogP contribution in [0, 0.1) is 10.9 Å². The molecule has 0 bridgehead atoms. The first-order chi connectivity index (χ1) is 15.4. The van der Waals surface area contributed by atoms with Crippen LogP contribution in [0.1, 0.15) is 15.9 Å². The van der Waals surface area contributed by atoms with Gasteiger partial charge in [-0.05, 0) is 61.1 Å². The third kappa shape index (κ3) is 5.29. The van der Waals surface area contributed by atoms with Crippen LogP contribution in [0.4, 0.5) is 10.8 Å². The molecule has 0 spiro atoms. The maximum atomic E-state index is 12.8. The van der Waals surface area contributed by atoms with Gasteiger partial charge in [-0.15, -0.1) is 5.10 Å². The molecule has 3 aromatic rings. The fourth-order valence-corrected chi connectivity index (χ4v) is 4.63. The molecule has 10 heteroatoms. The second-order valence-electron chi connectivity index (χ2n) is 7.54. The summed E-state index contributed by atoms with van der Waals surface area (Å²) in [6.07, 6.45) is 0. The van der Waals surface area contributed by atoms with Crippen molar-refractivity contribution in [2.75, 3.05) is 38.6 Å². The highest BCUT2D eigenvalue weighted by Crippen LogP contribution is 2.25. The van der Waals surface area contributed by atoms with E-state index in [1.54, 1.807) is 19.2 Å². The van der Waals surface area contributed by atoms with Gasteiger partial charge in [0, 0.05) is 42.5 Å². The highest BCUT2D eigenvalue weighted by atomic mass is 35.5. The molecule has 1 N–H and O–H groups in total. The summed E-state index contributed by atoms with van der Waals surface area (Å²) in [5, 5.41) is 9.32. The molecule has 1 fully saturated rings. The molecule has 0 unspecified atom stereocenters. The van der Waals surface area contributed by atoms with Crippen molar-refractivity contribution in [3.05, 3.63) is 62.6 Å². The van der Waals surface area contributed by atoms with E-state index >= 15 is 0 Å². The fourth-order valence-electron chi connectivity index (χ4n) is 3.44. The molecule has 1 aliphatic heterocycles. The molecule has 2 heterocycles. The summed E-state index contributed by atoms with van der Waals surface area (Å²) in [6, 6.07) is 13.0. The van der Waals surface area contributed by atoms with Crippen LogP contribution in [0.2, 0.25) is 5.02 Å². The van der Waals surface area contributed by atoms with Gasteiger partial charge in [-0.2, -0.15) is 0 Å². The van der Waals surface area contributed by atoms with Gasteiger partial charge in [0.2, 0.25) is 5.13 Å². The number of rotatable bonds is 6. The van der Waals surface area contributed by atoms with Gasteiger partial charge in [0.1, 0.15) is 5.75 Å². The molecule has 7 nitrogen and oxygen atoms in total. The number of anilines is 2. The molecule has 0 atom stereocenters. The van der Waals surface area contributed by atoms with Crippen molar-refractivity contribution in [1.29, 1.82) is 0 Å². The van der Waals surface area contributed by atoms with Crippen molar-refractivity contribution in [1.82, 2.24) is 19.6 Å². The second-order valence-corrected chi connectivity index (χ2v) is 9.57. The first-order valence-corrected chi connectivity index (χ1v) is 11.8. The summed E-state index contributed by atoms with van der Waals surface area (Å²) in [5.74, 6) is 0.784. The van der Waals surface area contributed by atoms with Crippen molar-refractivity contribution in [2.24, 2.45) is 0 Å². The van der Waals surface area contributed by atoms with Gasteiger partial charge in [0.15, 0.2) is 3.95 Å². The van der Waals surface area contributed by atoms with Gasteiger partial charge in [-0.25, -0.2) is 4.68 Å². The van der Waals surface area contributed by atoms with Gasteiger partial charge >= 0.3 is 0 Å². The number of halogens is 1. The van der Waals surface area contributed by atoms with Crippen LogP contribution in [0.5, 0.6) is 5.75 Å². The van der Waals surface area contributed by atoms with Crippen molar-refractivity contribution in [2.45, 2.75) is 13.6 Å². The van der Waals surface area contributed by atoms with E-state index in [1.807, 2.05) is 46.8 Å². The van der Waals surface area contributed by atoms with Crippen LogP contribution in [0.15, 0.2) is 42.5 Å². The Bertz CT molecular complexity index is 1150. The predicted molar refractivity (Wildman–Crippen MR) is 131 cm³/mol. The summed E-state index contributed by atoms with van der Waals surface area (Å²) in [6.45, 7) is 5.41. The van der Waals surface area contributed by atoms with E-state index in [2.05, 4.69) is 15.3 Å². The Morgan fingerprint density at radius 2 is 1.91 bits per heavy atom. The van der Waals surface area contributed by atoms with E-state index < -0.39 is 0 Å². The molecule has 1 aromatic heterocycles. The van der Waals surface area contributed by atoms with Crippen LogP contribution in [-0.2, 0) is 6.67 Å². The van der Waals surface area contributed by atoms with Crippen molar-refractivity contribution >= 4 is 51.9 Å². The first kappa shape index (κ1) is 22.7. The number of hydrogen-bond donors (Lipinski definition) is 1. The Labute approximate surface area is 201 Å². The molecule has 1 aliphatic rings. The predicted octanol–water partition coefficient (Wildman–Crippen LogP) is 4.80. The fraction of sp³-hybridized carbons (Fsp3) is 0.318. The number of benzene rings is 2. The number of nitrogens with zero attached hydrogens (tertiary/aromatic N) is 4. The minimum absolute atomic E-state index is 0.0424. The number of nitrogens with one attached hydrogen (secondary N) is 1. The average Bonchev–Trinajstić information content (AvgIpc) is 3.14. The van der Waals surface area contributed by atoms with E-state index in [-0.39, 0.29) is 5.91 Å². The molecule has 32 heavy (non-hydrogen) atoms. The second kappa shape index (κ2) is 9.99. The lowest BCUT2D eigenvalue weighted by molar-refractivity contribution is 0.0586. The number of ether oxygens (including phenoxy) is 1. The molecular weight excluding hydrogens is 466 g/mol. The third-order valence-electron chi connectivity index (χ3n) is 5.36. The number of aromatic nitrogens is 2. The number of methoxy groups -OCH3 is 1. The number of hydrogen-bond acceptors (Lipinski definition) is 7. The maximum absolute atomic E-state index is 12.8. The van der Waals surface area contributed by atoms with Crippen molar-refractivity contribution < 1.29 is 9.53 Å². The smallest absolute Gasteiger partial charge is 0.253 e. The number of amides is 1. The van der Waals surface area contributed by atoms with E-state index in [1.165, 1.54) is 11.3 Å². The van der Waals surface area contributed by atoms with E-state index in [4.69, 9.17) is 28.6 Å². The van der Waals surface area contributed by atoms with Gasteiger partial charge in [-0.1, -0.05) is 29.0 Å². The Morgan fingerprint density at radius 3 is 2.56 bits per heavy atom. The zero-order chi connectivity index (χ0) is 22.7. The number of carbonyl (C=O) groups is 1. The molecule has 2 aromatic carbocycles. The lowest BCUT2D eigenvalue weighted by Crippen LogP contribution is -2.49. The van der Waals surface area contributed by atoms with E-state index in [9.17, 15) is 4.79 Å². The highest BCUT2D eigenvalue weighted by Gasteiger charge is 2.22. The lowest BCUT2D eigenvalue weighted by Gasteiger charge is -2.34. The minimum Gasteiger partial charge on any atom is -0.497 e. The molecule has 0 aliphatic carbocycles. The summed E-state index contributed by atoms with van der Waals surface area (Å²) in [4.78, 5) is 16.9. The van der Waals surface area contributed by atoms with Gasteiger partial charge in [-0.3, -0.25) is 9.69 Å². The molecule has 0 saturated carbocycles. The van der Waals surface area contributed by atoms with Gasteiger partial charge in [0.25, 0.3) is 5.91 Å². The normalized spacial score (nSPS) is 14.4. The number of carbonyl (C=O) groups excluding carboxylic acids is 1. The third-order valence-corrected chi connectivity index (χ3v) is 6.99. The first-order valence-electron chi connectivity index (χ1n) is 10.2. The summed E-state index contributed by atoms with van der Waals surface area (Å²) >= 11 is 13.1. The summed E-state index contributed by atoms with van der Waals surface area (Å²) in [5.41, 5.74) is 2.58. The van der Waals surface area contributed by atoms with Crippen LogP contribution >= 0.6 is 35.2 Å². The topological polar surface area (TPSA) is 62.6 Å². The van der Waals surface area contributed by atoms with Crippen LogP contribution in [0.25, 0.3) is 0 Å². The maximum Gasteiger partial charge on any atom is 0.253 e. The number of piperazine rings is 1. The van der Waals surface area contributed by atoms with Crippen LogP contribution in [0.3, 0.4) is 0 Å². The lowest BCUT2D eigenvalue weighted by atomic mass is 10.1. The van der Waals surface area contributed by atoms with Crippen LogP contribution in [-0.4, -0.2) is 58.8 Å². The summed E-state index contributed by atoms with van der Waals surface area (Å²) < 4.78 is 7.68. The van der Waals surface area contributed by atoms with Crippen LogP contribution < -0.4 is 10.1 Å². The average molecular weight is 490 g/mol. The molecule has 0 radical (unpaired) electrons. The molecule has 168 valence electrons. The standard InChI is InChI=1S/C22H24ClN5O2S2/c1-15-3-6-17(13-19(15)23)24-21-25-28(22(31)32-21)14-26-9-11-27(12-10-26)20(29)16-4-7-18(30-2)8-5-16/h3-8,13H,9-12,14H2,1-2H3,(H,24,25). The van der Waals surface area contributed by atoms with Crippen molar-refractivity contribution in [3.63, 3.8) is 0 Å². The molecule has 1 amide bonds. The largest absolute Gasteiger partial charge is 0.497 e. The quantitative estimate of drug-likeness (QED) is 0.502. The minimum atomic E-state index is 0.0424. The van der Waals surface area contributed by atoms with Gasteiger partial charge < -0.3 is 15.0 Å². The SMILES string of the molecule is COc1ccc(C(=O)N2CCN(Cn3nc(Nc4ccc(C)c(Cl)c4)sc3=S)CC2)cc1. The highest BCUT2D eigenvalue weighted by molar-refractivity contribution is 7.73. The molecule has 4 rings (SSSR count). The Balaban J connectivity index is 1.33. The summed E-state index contributed by atoms with van der Waals surface area (Å²) in [7, 11) is 1.61.